The van der Waals surface area contributed by atoms with Crippen molar-refractivity contribution in [1.29, 1.82) is 0 Å². The molecule has 1 fully saturated rings. The lowest BCUT2D eigenvalue weighted by molar-refractivity contribution is -0.135. The number of anilines is 1. The van der Waals surface area contributed by atoms with Crippen LogP contribution in [0.15, 0.2) is 90.3 Å². The molecular formula is C35H42N2O3. The molecule has 2 N–H and O–H groups in total. The number of Topliss-reactive ketones (excluding diaryl/α,β-unsaturated/α-hetero) is 1. The highest BCUT2D eigenvalue weighted by atomic mass is 16.5. The summed E-state index contributed by atoms with van der Waals surface area (Å²) in [5, 5.41) is 6.92. The average molecular weight is 539 g/mol. The van der Waals surface area contributed by atoms with E-state index in [1.165, 1.54) is 24.0 Å². The smallest absolute Gasteiger partial charge is 0.346 e. The van der Waals surface area contributed by atoms with E-state index in [-0.39, 0.29) is 29.4 Å². The Hall–Kier alpha value is -3.86. The molecule has 3 aromatic rings. The lowest BCUT2D eigenvalue weighted by Gasteiger charge is -2.25. The first-order chi connectivity index (χ1) is 19.2. The van der Waals surface area contributed by atoms with Crippen LogP contribution in [0.4, 0.5) is 5.69 Å². The summed E-state index contributed by atoms with van der Waals surface area (Å²) in [7, 11) is 0. The molecule has 1 aliphatic rings. The summed E-state index contributed by atoms with van der Waals surface area (Å²) >= 11 is 0. The Balaban J connectivity index is 1.58. The highest BCUT2D eigenvalue weighted by molar-refractivity contribution is 6.22. The molecule has 1 unspecified atom stereocenters. The Kier molecular flexibility index (Phi) is 9.81. The fourth-order valence-electron chi connectivity index (χ4n) is 4.99. The molecule has 0 amide bonds. The zero-order valence-corrected chi connectivity index (χ0v) is 24.3. The summed E-state index contributed by atoms with van der Waals surface area (Å²) in [6.45, 7) is 8.64. The van der Waals surface area contributed by atoms with E-state index in [1.807, 2.05) is 42.5 Å². The molecule has 5 heteroatoms. The Morgan fingerprint density at radius 3 is 2.12 bits per heavy atom. The highest BCUT2D eigenvalue weighted by Gasteiger charge is 2.33. The van der Waals surface area contributed by atoms with Gasteiger partial charge in [0.2, 0.25) is 5.78 Å². The highest BCUT2D eigenvalue weighted by Crippen LogP contribution is 2.25. The van der Waals surface area contributed by atoms with Gasteiger partial charge >= 0.3 is 5.97 Å². The molecule has 0 radical (unpaired) electrons. The number of ketones is 1. The largest absolute Gasteiger partial charge is 0.453 e. The van der Waals surface area contributed by atoms with Crippen LogP contribution >= 0.6 is 0 Å². The van der Waals surface area contributed by atoms with Gasteiger partial charge in [-0.1, -0.05) is 120 Å². The Morgan fingerprint density at radius 2 is 1.52 bits per heavy atom. The number of benzene rings is 3. The summed E-state index contributed by atoms with van der Waals surface area (Å²) in [5.41, 5.74) is 5.69. The van der Waals surface area contributed by atoms with Crippen molar-refractivity contribution in [2.45, 2.75) is 77.7 Å². The minimum absolute atomic E-state index is 0.0390. The van der Waals surface area contributed by atoms with E-state index in [0.29, 0.717) is 5.82 Å². The summed E-state index contributed by atoms with van der Waals surface area (Å²) in [6.07, 6.45) is 6.29. The number of hydrogen-bond donors (Lipinski definition) is 2. The second kappa shape index (κ2) is 13.5. The lowest BCUT2D eigenvalue weighted by Crippen LogP contribution is -2.36. The Labute approximate surface area is 239 Å². The second-order valence-corrected chi connectivity index (χ2v) is 11.7. The first-order valence-corrected chi connectivity index (χ1v) is 14.5. The van der Waals surface area contributed by atoms with E-state index in [1.54, 1.807) is 0 Å². The maximum atomic E-state index is 12.7. The molecule has 40 heavy (non-hydrogen) atoms. The van der Waals surface area contributed by atoms with Crippen LogP contribution in [0.1, 0.15) is 70.9 Å². The number of ether oxygens (including phenoxy) is 1. The number of esters is 1. The van der Waals surface area contributed by atoms with Crippen LogP contribution in [0.2, 0.25) is 0 Å². The Bertz CT molecular complexity index is 1290. The number of carbonyl (C=O) groups is 2. The summed E-state index contributed by atoms with van der Waals surface area (Å²) < 4.78 is 5.10. The molecule has 1 saturated heterocycles. The zero-order chi connectivity index (χ0) is 28.5. The fourth-order valence-corrected chi connectivity index (χ4v) is 4.99. The van der Waals surface area contributed by atoms with Crippen LogP contribution < -0.4 is 10.6 Å². The van der Waals surface area contributed by atoms with E-state index in [9.17, 15) is 9.59 Å². The molecule has 0 spiro atoms. The average Bonchev–Trinajstić information content (AvgIpc) is 3.28. The third kappa shape index (κ3) is 7.84. The van der Waals surface area contributed by atoms with Crippen molar-refractivity contribution in [2.75, 3.05) is 11.9 Å². The van der Waals surface area contributed by atoms with Crippen molar-refractivity contribution in [1.82, 2.24) is 5.32 Å². The fraction of sp³-hybridized carbons (Fsp3) is 0.371. The molecule has 0 saturated carbocycles. The van der Waals surface area contributed by atoms with E-state index in [4.69, 9.17) is 4.74 Å². The zero-order valence-electron chi connectivity index (χ0n) is 24.3. The molecule has 4 rings (SSSR count). The number of unbranched alkanes of at least 4 members (excludes halogenated alkanes) is 3. The second-order valence-electron chi connectivity index (χ2n) is 11.7. The molecule has 5 nitrogen and oxygen atoms in total. The van der Waals surface area contributed by atoms with Crippen molar-refractivity contribution >= 4 is 17.4 Å². The van der Waals surface area contributed by atoms with Crippen molar-refractivity contribution in [3.05, 3.63) is 101 Å². The van der Waals surface area contributed by atoms with E-state index < -0.39 is 5.97 Å². The van der Waals surface area contributed by atoms with Gasteiger partial charge in [0.15, 0.2) is 6.61 Å². The monoisotopic (exact) mass is 538 g/mol. The summed E-state index contributed by atoms with van der Waals surface area (Å²) in [5.74, 6) is -0.466. The molecule has 210 valence electrons. The van der Waals surface area contributed by atoms with Crippen LogP contribution in [-0.4, -0.2) is 24.4 Å². The van der Waals surface area contributed by atoms with Crippen LogP contribution in [-0.2, 0) is 26.2 Å². The van der Waals surface area contributed by atoms with Gasteiger partial charge in [0.1, 0.15) is 11.4 Å². The minimum Gasteiger partial charge on any atom is -0.453 e. The van der Waals surface area contributed by atoms with Crippen LogP contribution in [0, 0.1) is 0 Å². The number of rotatable bonds is 12. The van der Waals surface area contributed by atoms with Gasteiger partial charge in [0.25, 0.3) is 0 Å². The van der Waals surface area contributed by atoms with Gasteiger partial charge < -0.3 is 15.4 Å². The first-order valence-electron chi connectivity index (χ1n) is 14.5. The predicted octanol–water partition coefficient (Wildman–Crippen LogP) is 7.57. The van der Waals surface area contributed by atoms with Crippen molar-refractivity contribution in [3.63, 3.8) is 0 Å². The summed E-state index contributed by atoms with van der Waals surface area (Å²) in [6, 6.07) is 27.0. The SMILES string of the molecule is CCCCCCC(Cc1ccc(C(C)(C)C)cc1)NC(Nc1ccc(-c2ccccc2)cc1)=C1C(=O)COC1=O. The molecule has 1 atom stereocenters. The molecule has 1 aliphatic heterocycles. The van der Waals surface area contributed by atoms with Crippen LogP contribution in [0.3, 0.4) is 0 Å². The molecule has 0 aromatic heterocycles. The Morgan fingerprint density at radius 1 is 0.850 bits per heavy atom. The molecule has 3 aromatic carbocycles. The third-order valence-electron chi connectivity index (χ3n) is 7.39. The van der Waals surface area contributed by atoms with Gasteiger partial charge in [-0.2, -0.15) is 0 Å². The van der Waals surface area contributed by atoms with Gasteiger partial charge in [-0.05, 0) is 52.6 Å². The van der Waals surface area contributed by atoms with Gasteiger partial charge in [0.05, 0.1) is 0 Å². The quantitative estimate of drug-likeness (QED) is 0.108. The van der Waals surface area contributed by atoms with Crippen molar-refractivity contribution in [3.8, 4) is 11.1 Å². The van der Waals surface area contributed by atoms with Crippen LogP contribution in [0.5, 0.6) is 0 Å². The maximum absolute atomic E-state index is 12.7. The van der Waals surface area contributed by atoms with E-state index in [2.05, 4.69) is 74.7 Å². The third-order valence-corrected chi connectivity index (χ3v) is 7.39. The molecule has 0 bridgehead atoms. The standard InChI is InChI=1S/C35H42N2O3/c1-5-6-7-11-14-30(23-25-15-19-28(20-16-25)35(2,3)4)37-33(32-31(38)24-40-34(32)39)36-29-21-17-27(18-22-29)26-12-9-8-10-13-26/h8-10,12-13,15-22,30,36-37H,5-7,11,14,23-24H2,1-4H3. The van der Waals surface area contributed by atoms with Gasteiger partial charge in [0, 0.05) is 11.7 Å². The molecule has 0 aliphatic carbocycles. The van der Waals surface area contributed by atoms with Gasteiger partial charge in [-0.3, -0.25) is 4.79 Å². The molecule has 1 heterocycles. The normalized spacial score (nSPS) is 15.5. The lowest BCUT2D eigenvalue weighted by atomic mass is 9.86. The first kappa shape index (κ1) is 29.1. The van der Waals surface area contributed by atoms with Crippen LogP contribution in [0.25, 0.3) is 11.1 Å². The maximum Gasteiger partial charge on any atom is 0.346 e. The number of hydrogen-bond acceptors (Lipinski definition) is 5. The predicted molar refractivity (Wildman–Crippen MR) is 163 cm³/mol. The minimum atomic E-state index is -0.583. The summed E-state index contributed by atoms with van der Waals surface area (Å²) in [4.78, 5) is 25.4. The van der Waals surface area contributed by atoms with Crippen molar-refractivity contribution < 1.29 is 14.3 Å². The number of nitrogens with one attached hydrogen (secondary N) is 2. The number of cyclic esters (lactones) is 1. The van der Waals surface area contributed by atoms with Gasteiger partial charge in [-0.25, -0.2) is 4.79 Å². The van der Waals surface area contributed by atoms with Gasteiger partial charge in [-0.15, -0.1) is 0 Å². The molecular weight excluding hydrogens is 496 g/mol. The van der Waals surface area contributed by atoms with E-state index >= 15 is 0 Å². The topological polar surface area (TPSA) is 67.4 Å². The number of carbonyl (C=O) groups excluding carboxylic acids is 2. The van der Waals surface area contributed by atoms with Crippen molar-refractivity contribution in [2.24, 2.45) is 0 Å². The van der Waals surface area contributed by atoms with E-state index in [0.717, 1.165) is 42.5 Å².